The Morgan fingerprint density at radius 1 is 0.978 bits per heavy atom. The van der Waals surface area contributed by atoms with Gasteiger partial charge in [-0.25, -0.2) is 0 Å². The number of benzene rings is 2. The summed E-state index contributed by atoms with van der Waals surface area (Å²) in [7, 11) is 0. The third-order valence-corrected chi connectivity index (χ3v) is 7.86. The smallest absolute Gasteiger partial charge is 0.247 e. The maximum absolute atomic E-state index is 12.8. The Labute approximate surface area is 257 Å². The van der Waals surface area contributed by atoms with Crippen molar-refractivity contribution in [3.8, 4) is 23.0 Å². The minimum absolute atomic E-state index is 0.0931. The lowest BCUT2D eigenvalue weighted by atomic mass is 9.83. The Morgan fingerprint density at radius 3 is 2.56 bits per heavy atom. The Bertz CT molecular complexity index is 1470. The Balaban J connectivity index is 1.00. The molecule has 0 spiro atoms. The molecule has 1 aliphatic carbocycles. The number of ether oxygens (including phenoxy) is 6. The van der Waals surface area contributed by atoms with Gasteiger partial charge in [-0.05, 0) is 48.4 Å². The largest absolute Gasteiger partial charge is 0.504 e. The zero-order valence-corrected chi connectivity index (χ0v) is 24.1. The topological polar surface area (TPSA) is 207 Å². The summed E-state index contributed by atoms with van der Waals surface area (Å²) in [5, 5.41) is 54.8. The van der Waals surface area contributed by atoms with Crippen molar-refractivity contribution < 1.29 is 63.6 Å². The fourth-order valence-electron chi connectivity index (χ4n) is 5.44. The molecule has 1 amide bonds. The summed E-state index contributed by atoms with van der Waals surface area (Å²) in [5.74, 6) is 0.756. The van der Waals surface area contributed by atoms with Crippen LogP contribution >= 0.6 is 0 Å². The van der Waals surface area contributed by atoms with E-state index in [1.807, 2.05) is 6.07 Å². The number of aliphatic hydroxyl groups excluding tert-OH is 4. The number of phenols is 1. The maximum Gasteiger partial charge on any atom is 0.247 e. The van der Waals surface area contributed by atoms with E-state index < -0.39 is 54.9 Å². The number of hydrogen-bond donors (Lipinski definition) is 7. The molecular weight excluding hydrogens is 596 g/mol. The van der Waals surface area contributed by atoms with Crippen LogP contribution in [0, 0.1) is 0 Å². The Kier molecular flexibility index (Phi) is 9.00. The van der Waals surface area contributed by atoms with Gasteiger partial charge in [-0.1, -0.05) is 12.1 Å². The van der Waals surface area contributed by atoms with E-state index in [9.17, 15) is 30.3 Å². The van der Waals surface area contributed by atoms with E-state index in [0.717, 1.165) is 5.56 Å². The predicted molar refractivity (Wildman–Crippen MR) is 151 cm³/mol. The van der Waals surface area contributed by atoms with Crippen LogP contribution in [0.1, 0.15) is 24.5 Å². The molecule has 0 unspecified atom stereocenters. The zero-order chi connectivity index (χ0) is 31.7. The van der Waals surface area contributed by atoms with Gasteiger partial charge in [-0.2, -0.15) is 0 Å². The molecule has 2 saturated heterocycles. The van der Waals surface area contributed by atoms with Crippen LogP contribution in [0.5, 0.6) is 23.0 Å². The minimum Gasteiger partial charge on any atom is -0.504 e. The second kappa shape index (κ2) is 13.1. The molecule has 2 aromatic carbocycles. The van der Waals surface area contributed by atoms with E-state index in [4.69, 9.17) is 33.3 Å². The number of fused-ring (bicyclic) bond motifs is 2. The zero-order valence-electron chi connectivity index (χ0n) is 24.1. The van der Waals surface area contributed by atoms with Crippen LogP contribution in [0.2, 0.25) is 0 Å². The molecule has 2 aromatic rings. The molecule has 45 heavy (non-hydrogen) atoms. The molecule has 6 rings (SSSR count). The number of amides is 1. The van der Waals surface area contributed by atoms with Gasteiger partial charge in [-0.15, -0.1) is 0 Å². The van der Waals surface area contributed by atoms with Crippen molar-refractivity contribution in [2.24, 2.45) is 0 Å². The van der Waals surface area contributed by atoms with E-state index in [-0.39, 0.29) is 49.4 Å². The lowest BCUT2D eigenvalue weighted by Gasteiger charge is -2.41. The third kappa shape index (κ3) is 6.64. The molecule has 0 radical (unpaired) electrons. The fourth-order valence-corrected chi connectivity index (χ4v) is 5.44. The lowest BCUT2D eigenvalue weighted by Crippen LogP contribution is -2.67. The van der Waals surface area contributed by atoms with Gasteiger partial charge in [0.25, 0.3) is 0 Å². The first kappa shape index (κ1) is 30.9. The maximum atomic E-state index is 12.8. The molecule has 15 nitrogen and oxygen atoms in total. The highest BCUT2D eigenvalue weighted by Crippen LogP contribution is 2.34. The molecule has 3 aliphatic heterocycles. The summed E-state index contributed by atoms with van der Waals surface area (Å²) in [6, 6.07) is 8.71. The number of aromatic hydroxyl groups is 1. The summed E-state index contributed by atoms with van der Waals surface area (Å²) in [4.78, 5) is 18.3. The Hall–Kier alpha value is -4.09. The summed E-state index contributed by atoms with van der Waals surface area (Å²) in [6.45, 7) is 1.77. The SMILES string of the molecule is CC(=Cc1ccc(O[C@H]2C[C@H](O)C(=CNOCc3ccc4c(c3)OCO4)O2)c(O)c1)C(=O)N[C@@H]1[C@H](O)[C@@H](O)[C@H]2OCO[C@H]2[C@@H]1O. The van der Waals surface area contributed by atoms with Crippen LogP contribution in [0.15, 0.2) is 53.9 Å². The number of hydrogen-bond acceptors (Lipinski definition) is 14. The molecule has 3 fully saturated rings. The van der Waals surface area contributed by atoms with Gasteiger partial charge >= 0.3 is 0 Å². The summed E-state index contributed by atoms with van der Waals surface area (Å²) < 4.78 is 32.5. The predicted octanol–water partition coefficient (Wildman–Crippen LogP) is -0.104. The van der Waals surface area contributed by atoms with E-state index in [2.05, 4.69) is 10.8 Å². The molecule has 4 aliphatic rings. The van der Waals surface area contributed by atoms with Crippen molar-refractivity contribution in [2.45, 2.75) is 68.9 Å². The van der Waals surface area contributed by atoms with Crippen LogP contribution in [-0.2, 0) is 30.4 Å². The second-order valence-electron chi connectivity index (χ2n) is 11.0. The first-order valence-electron chi connectivity index (χ1n) is 14.2. The van der Waals surface area contributed by atoms with Crippen LogP contribution in [-0.4, -0.2) is 94.0 Å². The molecule has 15 heteroatoms. The van der Waals surface area contributed by atoms with E-state index >= 15 is 0 Å². The van der Waals surface area contributed by atoms with Crippen LogP contribution in [0.3, 0.4) is 0 Å². The number of rotatable bonds is 9. The van der Waals surface area contributed by atoms with Gasteiger partial charge < -0.3 is 59.3 Å². The highest BCUT2D eigenvalue weighted by molar-refractivity contribution is 5.97. The number of nitrogens with one attached hydrogen (secondary N) is 2. The minimum atomic E-state index is -1.48. The molecule has 8 atom stereocenters. The number of hydroxylamine groups is 1. The van der Waals surface area contributed by atoms with Crippen molar-refractivity contribution in [1.82, 2.24) is 10.8 Å². The molecule has 7 N–H and O–H groups in total. The summed E-state index contributed by atoms with van der Waals surface area (Å²) in [6.07, 6.45) is -4.81. The van der Waals surface area contributed by atoms with Crippen LogP contribution in [0.25, 0.3) is 6.08 Å². The number of carbonyl (C=O) groups excluding carboxylic acids is 1. The van der Waals surface area contributed by atoms with E-state index in [1.54, 1.807) is 18.2 Å². The van der Waals surface area contributed by atoms with Crippen molar-refractivity contribution in [3.63, 3.8) is 0 Å². The van der Waals surface area contributed by atoms with Crippen molar-refractivity contribution in [2.75, 3.05) is 13.6 Å². The molecule has 0 aromatic heterocycles. The molecule has 1 saturated carbocycles. The normalized spacial score (nSPS) is 31.4. The number of carbonyl (C=O) groups is 1. The second-order valence-corrected chi connectivity index (χ2v) is 11.0. The number of phenolic OH excluding ortho intramolecular Hbond substituents is 1. The van der Waals surface area contributed by atoms with E-state index in [0.29, 0.717) is 17.1 Å². The number of aliphatic hydroxyl groups is 4. The molecule has 0 bridgehead atoms. The monoisotopic (exact) mass is 630 g/mol. The van der Waals surface area contributed by atoms with Gasteiger partial charge in [0.15, 0.2) is 23.0 Å². The summed E-state index contributed by atoms with van der Waals surface area (Å²) >= 11 is 0. The average Bonchev–Trinajstić information content (AvgIpc) is 3.78. The van der Waals surface area contributed by atoms with Gasteiger partial charge in [0, 0.05) is 5.57 Å². The third-order valence-electron chi connectivity index (χ3n) is 7.86. The van der Waals surface area contributed by atoms with Gasteiger partial charge in [0.05, 0.1) is 25.3 Å². The van der Waals surface area contributed by atoms with Crippen molar-refractivity contribution in [1.29, 1.82) is 0 Å². The first-order valence-corrected chi connectivity index (χ1v) is 14.2. The standard InChI is InChI=1S/C30H34N2O13/c1-14(30(38)32-24-25(35)27(37)29-28(26(24)36)41-13-42-29)6-15-2-4-19(17(33)7-15)44-23-9-18(34)22(45-23)10-31-43-11-16-3-5-20-21(8-16)40-12-39-20/h2-8,10,18,23-29,31,33-37H,9,11-13H2,1H3,(H,32,38)/t18-,23+,24+,25-,26+,27+,28-,29+/m0/s1. The quantitative estimate of drug-likeness (QED) is 0.110. The van der Waals surface area contributed by atoms with Gasteiger partial charge in [0.1, 0.15) is 49.2 Å². The first-order chi connectivity index (χ1) is 21.7. The molecule has 242 valence electrons. The van der Waals surface area contributed by atoms with Crippen LogP contribution < -0.4 is 25.0 Å². The van der Waals surface area contributed by atoms with Crippen molar-refractivity contribution >= 4 is 12.0 Å². The molecule has 3 heterocycles. The van der Waals surface area contributed by atoms with E-state index in [1.165, 1.54) is 31.3 Å². The average molecular weight is 631 g/mol. The highest BCUT2D eigenvalue weighted by Gasteiger charge is 2.53. The molecular formula is C30H34N2O13. The fraction of sp³-hybridized carbons (Fsp3) is 0.433. The highest BCUT2D eigenvalue weighted by atomic mass is 16.7. The van der Waals surface area contributed by atoms with Crippen LogP contribution in [0.4, 0.5) is 0 Å². The van der Waals surface area contributed by atoms with Gasteiger partial charge in [-0.3, -0.25) is 15.1 Å². The van der Waals surface area contributed by atoms with Crippen molar-refractivity contribution in [3.05, 3.63) is 65.1 Å². The lowest BCUT2D eigenvalue weighted by molar-refractivity contribution is -0.155. The summed E-state index contributed by atoms with van der Waals surface area (Å²) in [5.41, 5.74) is 4.14. The Morgan fingerprint density at radius 2 is 1.76 bits per heavy atom. The van der Waals surface area contributed by atoms with Gasteiger partial charge in [0.2, 0.25) is 19.0 Å².